The maximum Gasteiger partial charge on any atom is 0.254 e. The first-order chi connectivity index (χ1) is 6.72. The predicted molar refractivity (Wildman–Crippen MR) is 55.6 cm³/mol. The minimum absolute atomic E-state index is 0.0466. The number of aromatic nitrogens is 2. The van der Waals surface area contributed by atoms with Crippen LogP contribution in [0.3, 0.4) is 0 Å². The van der Waals surface area contributed by atoms with Crippen LogP contribution in [0.5, 0.6) is 0 Å². The summed E-state index contributed by atoms with van der Waals surface area (Å²) in [4.78, 5) is 18.9. The average Bonchev–Trinajstić information content (AvgIpc) is 2.94. The highest BCUT2D eigenvalue weighted by atomic mass is 16.1. The summed E-state index contributed by atoms with van der Waals surface area (Å²) in [6, 6.07) is 0. The van der Waals surface area contributed by atoms with Gasteiger partial charge in [-0.05, 0) is 26.2 Å². The first kappa shape index (κ1) is 9.44. The lowest BCUT2D eigenvalue weighted by atomic mass is 10.1. The van der Waals surface area contributed by atoms with Crippen LogP contribution >= 0.6 is 0 Å². The van der Waals surface area contributed by atoms with Gasteiger partial charge in [0.05, 0.1) is 5.69 Å². The summed E-state index contributed by atoms with van der Waals surface area (Å²) in [6.45, 7) is 3.96. The van der Waals surface area contributed by atoms with E-state index in [1.165, 1.54) is 12.8 Å². The van der Waals surface area contributed by atoms with E-state index in [4.69, 9.17) is 0 Å². The molecule has 2 rings (SSSR count). The summed E-state index contributed by atoms with van der Waals surface area (Å²) >= 11 is 0. The van der Waals surface area contributed by atoms with Crippen LogP contribution in [0.25, 0.3) is 0 Å². The largest absolute Gasteiger partial charge is 0.310 e. The number of rotatable bonds is 3. The molecule has 0 amide bonds. The molecule has 3 heteroatoms. The first-order valence-electron chi connectivity index (χ1n) is 5.32. The number of nitrogens with zero attached hydrogens (tertiary/aromatic N) is 1. The molecule has 0 atom stereocenters. The maximum atomic E-state index is 11.6. The molecule has 0 unspecified atom stereocenters. The molecular weight excluding hydrogens is 176 g/mol. The molecule has 0 aromatic carbocycles. The van der Waals surface area contributed by atoms with Gasteiger partial charge in [0.15, 0.2) is 0 Å². The lowest BCUT2D eigenvalue weighted by Gasteiger charge is -2.05. The summed E-state index contributed by atoms with van der Waals surface area (Å²) in [6.07, 6.45) is 4.29. The van der Waals surface area contributed by atoms with E-state index in [0.717, 1.165) is 29.9 Å². The molecule has 1 N–H and O–H groups in total. The van der Waals surface area contributed by atoms with Crippen LogP contribution in [0.4, 0.5) is 0 Å². The Morgan fingerprint density at radius 2 is 2.21 bits per heavy atom. The molecule has 1 saturated carbocycles. The Morgan fingerprint density at radius 1 is 1.50 bits per heavy atom. The molecule has 1 aromatic rings. The molecule has 1 aromatic heterocycles. The Kier molecular flexibility index (Phi) is 2.40. The quantitative estimate of drug-likeness (QED) is 0.795. The van der Waals surface area contributed by atoms with Gasteiger partial charge in [-0.25, -0.2) is 4.98 Å². The predicted octanol–water partition coefficient (Wildman–Crippen LogP) is 1.91. The van der Waals surface area contributed by atoms with E-state index in [2.05, 4.69) is 16.9 Å². The zero-order valence-corrected chi connectivity index (χ0v) is 8.76. The van der Waals surface area contributed by atoms with Crippen LogP contribution in [0.15, 0.2) is 4.79 Å². The van der Waals surface area contributed by atoms with Gasteiger partial charge in [0.1, 0.15) is 5.82 Å². The zero-order valence-electron chi connectivity index (χ0n) is 8.76. The van der Waals surface area contributed by atoms with Gasteiger partial charge < -0.3 is 4.98 Å². The fourth-order valence-corrected chi connectivity index (χ4v) is 1.71. The van der Waals surface area contributed by atoms with Crippen molar-refractivity contribution in [3.63, 3.8) is 0 Å². The van der Waals surface area contributed by atoms with Crippen LogP contribution in [-0.2, 0) is 6.42 Å². The van der Waals surface area contributed by atoms with Crippen LogP contribution in [0.1, 0.15) is 49.2 Å². The normalized spacial score (nSPS) is 15.9. The second kappa shape index (κ2) is 3.56. The Morgan fingerprint density at radius 3 is 2.79 bits per heavy atom. The molecule has 76 valence electrons. The molecule has 1 aliphatic carbocycles. The van der Waals surface area contributed by atoms with E-state index >= 15 is 0 Å². The van der Waals surface area contributed by atoms with Gasteiger partial charge in [-0.3, -0.25) is 4.79 Å². The zero-order chi connectivity index (χ0) is 10.1. The number of aromatic amines is 1. The standard InChI is InChI=1S/C11H16N2O/c1-3-4-9-12-10(8-5-6-8)7(2)11(14)13-9/h8H,3-6H2,1-2H3,(H,12,13,14). The van der Waals surface area contributed by atoms with Gasteiger partial charge in [0.2, 0.25) is 0 Å². The summed E-state index contributed by atoms with van der Waals surface area (Å²) in [7, 11) is 0. The van der Waals surface area contributed by atoms with Gasteiger partial charge in [-0.2, -0.15) is 0 Å². The van der Waals surface area contributed by atoms with Crippen molar-refractivity contribution in [2.75, 3.05) is 0 Å². The second-order valence-electron chi connectivity index (χ2n) is 4.05. The molecule has 0 aliphatic heterocycles. The topological polar surface area (TPSA) is 45.8 Å². The average molecular weight is 192 g/mol. The molecule has 0 bridgehead atoms. The molecule has 1 fully saturated rings. The van der Waals surface area contributed by atoms with Crippen molar-refractivity contribution in [2.45, 2.75) is 45.4 Å². The van der Waals surface area contributed by atoms with Gasteiger partial charge in [-0.1, -0.05) is 6.92 Å². The van der Waals surface area contributed by atoms with Crippen LogP contribution in [0, 0.1) is 6.92 Å². The molecule has 14 heavy (non-hydrogen) atoms. The Balaban J connectivity index is 2.41. The van der Waals surface area contributed by atoms with Crippen molar-refractivity contribution in [1.82, 2.24) is 9.97 Å². The molecule has 1 heterocycles. The van der Waals surface area contributed by atoms with Crippen molar-refractivity contribution in [3.05, 3.63) is 27.4 Å². The van der Waals surface area contributed by atoms with Crippen molar-refractivity contribution in [3.8, 4) is 0 Å². The van der Waals surface area contributed by atoms with Crippen LogP contribution < -0.4 is 5.56 Å². The molecule has 3 nitrogen and oxygen atoms in total. The van der Waals surface area contributed by atoms with Crippen LogP contribution in [0.2, 0.25) is 0 Å². The van der Waals surface area contributed by atoms with E-state index in [1.807, 2.05) is 6.92 Å². The number of H-pyrrole nitrogens is 1. The third kappa shape index (κ3) is 1.72. The highest BCUT2D eigenvalue weighted by Gasteiger charge is 2.27. The summed E-state index contributed by atoms with van der Waals surface area (Å²) in [5.41, 5.74) is 1.90. The number of hydrogen-bond acceptors (Lipinski definition) is 2. The molecule has 0 spiro atoms. The third-order valence-corrected chi connectivity index (χ3v) is 2.69. The van der Waals surface area contributed by atoms with Gasteiger partial charge in [0.25, 0.3) is 5.56 Å². The number of aryl methyl sites for hydroxylation is 1. The second-order valence-corrected chi connectivity index (χ2v) is 4.05. The Hall–Kier alpha value is -1.12. The fourth-order valence-electron chi connectivity index (χ4n) is 1.71. The lowest BCUT2D eigenvalue weighted by molar-refractivity contribution is 0.792. The summed E-state index contributed by atoms with van der Waals surface area (Å²) < 4.78 is 0. The Bertz CT molecular complexity index is 391. The van der Waals surface area contributed by atoms with Crippen molar-refractivity contribution < 1.29 is 0 Å². The van der Waals surface area contributed by atoms with Crippen LogP contribution in [-0.4, -0.2) is 9.97 Å². The van der Waals surface area contributed by atoms with E-state index in [1.54, 1.807) is 0 Å². The van der Waals surface area contributed by atoms with E-state index < -0.39 is 0 Å². The monoisotopic (exact) mass is 192 g/mol. The number of hydrogen-bond donors (Lipinski definition) is 1. The molecule has 0 radical (unpaired) electrons. The number of nitrogens with one attached hydrogen (secondary N) is 1. The van der Waals surface area contributed by atoms with Gasteiger partial charge >= 0.3 is 0 Å². The third-order valence-electron chi connectivity index (χ3n) is 2.69. The summed E-state index contributed by atoms with van der Waals surface area (Å²) in [5.74, 6) is 1.41. The van der Waals surface area contributed by atoms with Crippen molar-refractivity contribution in [2.24, 2.45) is 0 Å². The lowest BCUT2D eigenvalue weighted by Crippen LogP contribution is -2.17. The van der Waals surface area contributed by atoms with E-state index in [0.29, 0.717) is 5.92 Å². The van der Waals surface area contributed by atoms with E-state index in [-0.39, 0.29) is 5.56 Å². The highest BCUT2D eigenvalue weighted by Crippen LogP contribution is 2.39. The SMILES string of the molecule is CCCc1nc(C2CC2)c(C)c(=O)[nH]1. The minimum Gasteiger partial charge on any atom is -0.310 e. The smallest absolute Gasteiger partial charge is 0.254 e. The van der Waals surface area contributed by atoms with E-state index in [9.17, 15) is 4.79 Å². The van der Waals surface area contributed by atoms with Crippen molar-refractivity contribution >= 4 is 0 Å². The highest BCUT2D eigenvalue weighted by molar-refractivity contribution is 5.23. The fraction of sp³-hybridized carbons (Fsp3) is 0.636. The minimum atomic E-state index is 0.0466. The Labute approximate surface area is 83.6 Å². The summed E-state index contributed by atoms with van der Waals surface area (Å²) in [5, 5.41) is 0. The molecule has 0 saturated heterocycles. The molecule has 1 aliphatic rings. The van der Waals surface area contributed by atoms with Gasteiger partial charge in [-0.15, -0.1) is 0 Å². The maximum absolute atomic E-state index is 11.6. The van der Waals surface area contributed by atoms with Gasteiger partial charge in [0, 0.05) is 17.9 Å². The van der Waals surface area contributed by atoms with Crippen molar-refractivity contribution in [1.29, 1.82) is 0 Å². The first-order valence-corrected chi connectivity index (χ1v) is 5.32. The molecular formula is C11H16N2O.